The lowest BCUT2D eigenvalue weighted by Crippen LogP contribution is -2.52. The van der Waals surface area contributed by atoms with Crippen molar-refractivity contribution in [2.24, 2.45) is 22.5 Å². The second-order valence-electron chi connectivity index (χ2n) is 7.58. The van der Waals surface area contributed by atoms with Gasteiger partial charge in [-0.05, 0) is 47.6 Å². The predicted octanol–water partition coefficient (Wildman–Crippen LogP) is 2.48. The van der Waals surface area contributed by atoms with Crippen molar-refractivity contribution in [2.45, 2.75) is 52.6 Å². The first-order valence-corrected chi connectivity index (χ1v) is 7.83. The molecule has 2 aliphatic carbocycles. The lowest BCUT2D eigenvalue weighted by atomic mass is 9.68. The van der Waals surface area contributed by atoms with Crippen molar-refractivity contribution >= 4 is 5.91 Å². The van der Waals surface area contributed by atoms with E-state index >= 15 is 0 Å². The minimum absolute atomic E-state index is 0.0644. The number of carbonyl (C=O) groups excluding carboxylic acids is 1. The van der Waals surface area contributed by atoms with E-state index in [9.17, 15) is 4.79 Å². The number of aromatic nitrogens is 1. The van der Waals surface area contributed by atoms with Crippen LogP contribution in [0.1, 0.15) is 56.1 Å². The van der Waals surface area contributed by atoms with Crippen LogP contribution in [0.5, 0.6) is 0 Å². The number of nitrogens with one attached hydrogen (secondary N) is 1. The third-order valence-corrected chi connectivity index (χ3v) is 5.84. The number of pyridine rings is 1. The summed E-state index contributed by atoms with van der Waals surface area (Å²) in [7, 11) is 0. The number of amides is 1. The quantitative estimate of drug-likeness (QED) is 0.897. The third kappa shape index (κ3) is 2.26. The van der Waals surface area contributed by atoms with E-state index in [4.69, 9.17) is 5.73 Å². The molecule has 0 radical (unpaired) electrons. The van der Waals surface area contributed by atoms with Gasteiger partial charge in [0.15, 0.2) is 0 Å². The van der Waals surface area contributed by atoms with Crippen LogP contribution in [0.4, 0.5) is 0 Å². The van der Waals surface area contributed by atoms with Crippen LogP contribution in [0, 0.1) is 16.7 Å². The molecule has 1 aromatic rings. The normalized spacial score (nSPS) is 33.1. The highest BCUT2D eigenvalue weighted by atomic mass is 16.2. The minimum atomic E-state index is -0.0644. The molecule has 1 amide bonds. The molecule has 2 saturated carbocycles. The molecule has 0 spiro atoms. The fourth-order valence-electron chi connectivity index (χ4n) is 4.55. The summed E-state index contributed by atoms with van der Waals surface area (Å²) in [5, 5.41) is 3.26. The molecular weight excluding hydrogens is 262 g/mol. The van der Waals surface area contributed by atoms with Gasteiger partial charge in [0.05, 0.1) is 0 Å². The maximum absolute atomic E-state index is 12.5. The number of fused-ring (bicyclic) bond motifs is 2. The Hall–Kier alpha value is -1.42. The molecule has 1 heterocycles. The maximum Gasteiger partial charge on any atom is 0.270 e. The zero-order valence-corrected chi connectivity index (χ0v) is 13.1. The molecule has 3 N–H and O–H groups in total. The van der Waals surface area contributed by atoms with Crippen LogP contribution >= 0.6 is 0 Å². The van der Waals surface area contributed by atoms with Crippen LogP contribution in [-0.2, 0) is 6.54 Å². The van der Waals surface area contributed by atoms with Gasteiger partial charge in [0.2, 0.25) is 0 Å². The average Bonchev–Trinajstić information content (AvgIpc) is 2.94. The Morgan fingerprint density at radius 2 is 2.19 bits per heavy atom. The van der Waals surface area contributed by atoms with Gasteiger partial charge >= 0.3 is 0 Å². The summed E-state index contributed by atoms with van der Waals surface area (Å²) in [6.45, 7) is 7.35. The summed E-state index contributed by atoms with van der Waals surface area (Å²) in [6, 6.07) is 3.86. The maximum atomic E-state index is 12.5. The molecule has 3 unspecified atom stereocenters. The highest BCUT2D eigenvalue weighted by molar-refractivity contribution is 5.92. The van der Waals surface area contributed by atoms with Crippen LogP contribution in [0.25, 0.3) is 0 Å². The molecule has 2 aliphatic rings. The van der Waals surface area contributed by atoms with Crippen LogP contribution in [0.3, 0.4) is 0 Å². The molecule has 21 heavy (non-hydrogen) atoms. The first-order chi connectivity index (χ1) is 9.87. The Morgan fingerprint density at radius 1 is 1.43 bits per heavy atom. The molecule has 3 atom stereocenters. The fourth-order valence-corrected chi connectivity index (χ4v) is 4.55. The lowest BCUT2D eigenvalue weighted by molar-refractivity contribution is 0.0733. The van der Waals surface area contributed by atoms with E-state index in [-0.39, 0.29) is 22.8 Å². The van der Waals surface area contributed by atoms with Crippen LogP contribution in [-0.4, -0.2) is 16.9 Å². The van der Waals surface area contributed by atoms with E-state index in [1.807, 2.05) is 6.07 Å². The van der Waals surface area contributed by atoms with Gasteiger partial charge in [-0.2, -0.15) is 0 Å². The van der Waals surface area contributed by atoms with Crippen LogP contribution in [0.15, 0.2) is 18.3 Å². The third-order valence-electron chi connectivity index (χ3n) is 5.84. The summed E-state index contributed by atoms with van der Waals surface area (Å²) in [5.41, 5.74) is 7.39. The van der Waals surface area contributed by atoms with E-state index < -0.39 is 0 Å². The fraction of sp³-hybridized carbons (Fsp3) is 0.647. The zero-order valence-electron chi connectivity index (χ0n) is 13.1. The van der Waals surface area contributed by atoms with Crippen molar-refractivity contribution in [1.82, 2.24) is 10.3 Å². The van der Waals surface area contributed by atoms with Gasteiger partial charge in [-0.1, -0.05) is 26.8 Å². The van der Waals surface area contributed by atoms with Crippen molar-refractivity contribution in [3.8, 4) is 0 Å². The standard InChI is InChI=1S/C17H25N3O/c1-16(2)12-6-7-17(3,8-12)15(16)20-14(21)13-5-4-11(9-18)10-19-13/h4-5,10,12,15H,6-9,18H2,1-3H3,(H,20,21). The van der Waals surface area contributed by atoms with E-state index in [0.29, 0.717) is 12.2 Å². The molecule has 0 aromatic carbocycles. The van der Waals surface area contributed by atoms with E-state index in [1.165, 1.54) is 19.3 Å². The van der Waals surface area contributed by atoms with E-state index in [1.54, 1.807) is 12.3 Å². The number of nitrogens with zero attached hydrogens (tertiary/aromatic N) is 1. The molecule has 2 bridgehead atoms. The molecule has 0 saturated heterocycles. The first kappa shape index (κ1) is 14.5. The number of hydrogen-bond acceptors (Lipinski definition) is 3. The minimum Gasteiger partial charge on any atom is -0.347 e. The highest BCUT2D eigenvalue weighted by Gasteiger charge is 2.59. The van der Waals surface area contributed by atoms with Crippen molar-refractivity contribution in [3.05, 3.63) is 29.6 Å². The molecule has 1 aromatic heterocycles. The van der Waals surface area contributed by atoms with E-state index in [2.05, 4.69) is 31.1 Å². The molecular formula is C17H25N3O. The zero-order chi connectivity index (χ0) is 15.3. The molecule has 2 fully saturated rings. The van der Waals surface area contributed by atoms with Gasteiger partial charge in [0.1, 0.15) is 5.69 Å². The first-order valence-electron chi connectivity index (χ1n) is 7.83. The Labute approximate surface area is 126 Å². The molecule has 114 valence electrons. The number of rotatable bonds is 3. The topological polar surface area (TPSA) is 68.0 Å². The smallest absolute Gasteiger partial charge is 0.270 e. The van der Waals surface area contributed by atoms with E-state index in [0.717, 1.165) is 11.5 Å². The van der Waals surface area contributed by atoms with Gasteiger partial charge in [-0.25, -0.2) is 0 Å². The summed E-state index contributed by atoms with van der Waals surface area (Å²) >= 11 is 0. The number of carbonyl (C=O) groups is 1. The Morgan fingerprint density at radius 3 is 2.71 bits per heavy atom. The molecule has 3 rings (SSSR count). The summed E-state index contributed by atoms with van der Waals surface area (Å²) in [4.78, 5) is 16.7. The summed E-state index contributed by atoms with van der Waals surface area (Å²) in [5.74, 6) is 0.658. The second kappa shape index (κ2) is 4.80. The van der Waals surface area contributed by atoms with Crippen molar-refractivity contribution < 1.29 is 4.79 Å². The Kier molecular flexibility index (Phi) is 3.32. The Balaban J connectivity index is 1.78. The Bertz CT molecular complexity index is 547. The van der Waals surface area contributed by atoms with Crippen LogP contribution in [0.2, 0.25) is 0 Å². The number of nitrogens with two attached hydrogens (primary N) is 1. The highest BCUT2D eigenvalue weighted by Crippen LogP contribution is 2.62. The number of hydrogen-bond donors (Lipinski definition) is 2. The molecule has 4 nitrogen and oxygen atoms in total. The predicted molar refractivity (Wildman–Crippen MR) is 82.6 cm³/mol. The van der Waals surface area contributed by atoms with Gasteiger partial charge < -0.3 is 11.1 Å². The lowest BCUT2D eigenvalue weighted by Gasteiger charge is -2.43. The van der Waals surface area contributed by atoms with Crippen molar-refractivity contribution in [3.63, 3.8) is 0 Å². The van der Waals surface area contributed by atoms with Crippen LogP contribution < -0.4 is 11.1 Å². The summed E-state index contributed by atoms with van der Waals surface area (Å²) in [6.07, 6.45) is 5.41. The monoisotopic (exact) mass is 287 g/mol. The largest absolute Gasteiger partial charge is 0.347 e. The summed E-state index contributed by atoms with van der Waals surface area (Å²) < 4.78 is 0. The van der Waals surface area contributed by atoms with Crippen molar-refractivity contribution in [1.29, 1.82) is 0 Å². The SMILES string of the molecule is CC12CCC(C1)C(C)(C)C2NC(=O)c1ccc(CN)cn1. The second-order valence-corrected chi connectivity index (χ2v) is 7.58. The van der Waals surface area contributed by atoms with Gasteiger partial charge in [-0.3, -0.25) is 9.78 Å². The van der Waals surface area contributed by atoms with Gasteiger partial charge in [-0.15, -0.1) is 0 Å². The average molecular weight is 287 g/mol. The molecule has 4 heteroatoms. The van der Waals surface area contributed by atoms with Gasteiger partial charge in [0.25, 0.3) is 5.91 Å². The molecule has 0 aliphatic heterocycles. The van der Waals surface area contributed by atoms with Gasteiger partial charge in [0, 0.05) is 18.8 Å². The van der Waals surface area contributed by atoms with Crippen molar-refractivity contribution in [2.75, 3.05) is 0 Å².